The van der Waals surface area contributed by atoms with Crippen molar-refractivity contribution >= 4 is 38.8 Å². The molecule has 8 heteroatoms. The molecule has 0 amide bonds. The Balaban J connectivity index is 1.87. The minimum absolute atomic E-state index is 0.116. The van der Waals surface area contributed by atoms with Gasteiger partial charge in [0.2, 0.25) is 0 Å². The summed E-state index contributed by atoms with van der Waals surface area (Å²) in [5.41, 5.74) is 1.35. The second-order valence-electron chi connectivity index (χ2n) is 5.18. The molecule has 0 aliphatic heterocycles. The average molecular weight is 375 g/mol. The van der Waals surface area contributed by atoms with E-state index in [1.807, 2.05) is 0 Å². The van der Waals surface area contributed by atoms with Crippen molar-refractivity contribution in [3.05, 3.63) is 65.9 Å². The first kappa shape index (κ1) is 17.8. The third-order valence-electron chi connectivity index (χ3n) is 3.29. The SMILES string of the molecule is CCOC(=O)c1nc(Nc2ccc(F)cc2)sc1Nc1ccc(F)cc1. The predicted octanol–water partition coefficient (Wildman–Crippen LogP) is 5.09. The zero-order valence-electron chi connectivity index (χ0n) is 13.8. The highest BCUT2D eigenvalue weighted by molar-refractivity contribution is 7.20. The van der Waals surface area contributed by atoms with Gasteiger partial charge >= 0.3 is 5.97 Å². The summed E-state index contributed by atoms with van der Waals surface area (Å²) in [6.45, 7) is 1.92. The number of halogens is 2. The van der Waals surface area contributed by atoms with E-state index in [2.05, 4.69) is 15.6 Å². The van der Waals surface area contributed by atoms with Gasteiger partial charge < -0.3 is 15.4 Å². The van der Waals surface area contributed by atoms with Crippen LogP contribution >= 0.6 is 11.3 Å². The lowest BCUT2D eigenvalue weighted by atomic mass is 10.3. The fraction of sp³-hybridized carbons (Fsp3) is 0.111. The monoisotopic (exact) mass is 375 g/mol. The van der Waals surface area contributed by atoms with Gasteiger partial charge in [-0.05, 0) is 55.5 Å². The number of carbonyl (C=O) groups excluding carboxylic acids is 1. The molecule has 1 heterocycles. The van der Waals surface area contributed by atoms with Crippen molar-refractivity contribution in [1.29, 1.82) is 0 Å². The van der Waals surface area contributed by atoms with Gasteiger partial charge in [0.05, 0.1) is 6.61 Å². The van der Waals surface area contributed by atoms with Crippen LogP contribution in [0.25, 0.3) is 0 Å². The van der Waals surface area contributed by atoms with Gasteiger partial charge in [-0.2, -0.15) is 0 Å². The molecule has 26 heavy (non-hydrogen) atoms. The fourth-order valence-electron chi connectivity index (χ4n) is 2.12. The van der Waals surface area contributed by atoms with Gasteiger partial charge in [0.1, 0.15) is 16.6 Å². The maximum atomic E-state index is 13.1. The number of ether oxygens (including phenoxy) is 1. The van der Waals surface area contributed by atoms with E-state index in [-0.39, 0.29) is 23.9 Å². The van der Waals surface area contributed by atoms with Crippen LogP contribution in [0.5, 0.6) is 0 Å². The summed E-state index contributed by atoms with van der Waals surface area (Å²) in [5.74, 6) is -1.27. The number of carbonyl (C=O) groups is 1. The Bertz CT molecular complexity index is 896. The zero-order chi connectivity index (χ0) is 18.5. The molecule has 3 rings (SSSR count). The van der Waals surface area contributed by atoms with Gasteiger partial charge in [0, 0.05) is 11.4 Å². The molecule has 3 aromatic rings. The first-order valence-electron chi connectivity index (χ1n) is 7.78. The van der Waals surface area contributed by atoms with E-state index in [0.717, 1.165) is 0 Å². The minimum Gasteiger partial charge on any atom is -0.461 e. The fourth-order valence-corrected chi connectivity index (χ4v) is 3.01. The number of aromatic nitrogens is 1. The van der Waals surface area contributed by atoms with E-state index in [1.165, 1.54) is 35.6 Å². The average Bonchev–Trinajstić information content (AvgIpc) is 3.02. The van der Waals surface area contributed by atoms with Gasteiger partial charge in [0.15, 0.2) is 10.8 Å². The molecule has 2 N–H and O–H groups in total. The summed E-state index contributed by atoms with van der Waals surface area (Å²) < 4.78 is 31.1. The summed E-state index contributed by atoms with van der Waals surface area (Å²) in [6.07, 6.45) is 0. The number of nitrogens with one attached hydrogen (secondary N) is 2. The normalized spacial score (nSPS) is 10.4. The number of hydrogen-bond acceptors (Lipinski definition) is 6. The van der Waals surface area contributed by atoms with Crippen LogP contribution in [0.4, 0.5) is 30.3 Å². The summed E-state index contributed by atoms with van der Waals surface area (Å²) in [4.78, 5) is 16.4. The summed E-state index contributed by atoms with van der Waals surface area (Å²) in [6, 6.07) is 11.5. The van der Waals surface area contributed by atoms with E-state index in [0.29, 0.717) is 21.5 Å². The predicted molar refractivity (Wildman–Crippen MR) is 97.4 cm³/mol. The van der Waals surface area contributed by atoms with E-state index in [1.54, 1.807) is 31.2 Å². The van der Waals surface area contributed by atoms with Gasteiger partial charge in [-0.25, -0.2) is 18.6 Å². The Morgan fingerprint density at radius 1 is 1.00 bits per heavy atom. The molecule has 2 aromatic carbocycles. The van der Waals surface area contributed by atoms with E-state index >= 15 is 0 Å². The highest BCUT2D eigenvalue weighted by Gasteiger charge is 2.20. The highest BCUT2D eigenvalue weighted by atomic mass is 32.1. The molecule has 0 radical (unpaired) electrons. The maximum Gasteiger partial charge on any atom is 0.360 e. The minimum atomic E-state index is -0.569. The molecular weight excluding hydrogens is 360 g/mol. The number of nitrogens with zero attached hydrogens (tertiary/aromatic N) is 1. The van der Waals surface area contributed by atoms with Gasteiger partial charge in [-0.15, -0.1) is 0 Å². The van der Waals surface area contributed by atoms with Crippen LogP contribution in [0, 0.1) is 11.6 Å². The van der Waals surface area contributed by atoms with Gasteiger partial charge in [0.25, 0.3) is 0 Å². The standard InChI is InChI=1S/C18H15F2N3O2S/c1-2-25-17(24)15-16(21-13-7-3-11(19)4-8-13)26-18(23-15)22-14-9-5-12(20)6-10-14/h3-10,21H,2H2,1H3,(H,22,23). The van der Waals surface area contributed by atoms with E-state index < -0.39 is 5.97 Å². The van der Waals surface area contributed by atoms with Gasteiger partial charge in [-0.1, -0.05) is 11.3 Å². The van der Waals surface area contributed by atoms with Crippen LogP contribution in [0.3, 0.4) is 0 Å². The Kier molecular flexibility index (Phi) is 5.43. The molecule has 0 atom stereocenters. The molecule has 134 valence electrons. The topological polar surface area (TPSA) is 63.2 Å². The third-order valence-corrected chi connectivity index (χ3v) is 4.18. The lowest BCUT2D eigenvalue weighted by Gasteiger charge is -2.05. The molecular formula is C18H15F2N3O2S. The molecule has 1 aromatic heterocycles. The number of thiazole rings is 1. The number of esters is 1. The first-order valence-corrected chi connectivity index (χ1v) is 8.60. The molecule has 0 saturated carbocycles. The second-order valence-corrected chi connectivity index (χ2v) is 6.18. The van der Waals surface area contributed by atoms with Crippen molar-refractivity contribution in [2.45, 2.75) is 6.92 Å². The second kappa shape index (κ2) is 7.92. The van der Waals surface area contributed by atoms with Gasteiger partial charge in [-0.3, -0.25) is 0 Å². The van der Waals surface area contributed by atoms with Crippen molar-refractivity contribution < 1.29 is 18.3 Å². The summed E-state index contributed by atoms with van der Waals surface area (Å²) >= 11 is 1.19. The Labute approximate surface area is 152 Å². The number of anilines is 4. The van der Waals surface area contributed by atoms with Crippen LogP contribution in [0.2, 0.25) is 0 Å². The third kappa shape index (κ3) is 4.34. The lowest BCUT2D eigenvalue weighted by Crippen LogP contribution is -2.07. The molecule has 0 bridgehead atoms. The van der Waals surface area contributed by atoms with Crippen molar-refractivity contribution in [1.82, 2.24) is 4.98 Å². The van der Waals surface area contributed by atoms with E-state index in [4.69, 9.17) is 4.74 Å². The summed E-state index contributed by atoms with van der Waals surface area (Å²) in [5, 5.41) is 6.95. The number of benzene rings is 2. The number of rotatable bonds is 6. The van der Waals surface area contributed by atoms with Crippen LogP contribution in [0.1, 0.15) is 17.4 Å². The maximum absolute atomic E-state index is 13.1. The molecule has 0 spiro atoms. The van der Waals surface area contributed by atoms with Crippen molar-refractivity contribution in [2.24, 2.45) is 0 Å². The van der Waals surface area contributed by atoms with Crippen molar-refractivity contribution in [2.75, 3.05) is 17.2 Å². The van der Waals surface area contributed by atoms with Crippen LogP contribution in [-0.2, 0) is 4.74 Å². The zero-order valence-corrected chi connectivity index (χ0v) is 14.6. The van der Waals surface area contributed by atoms with E-state index in [9.17, 15) is 13.6 Å². The van der Waals surface area contributed by atoms with Crippen LogP contribution in [0.15, 0.2) is 48.5 Å². The van der Waals surface area contributed by atoms with Crippen molar-refractivity contribution in [3.8, 4) is 0 Å². The number of hydrogen-bond donors (Lipinski definition) is 2. The Hall–Kier alpha value is -3.00. The largest absolute Gasteiger partial charge is 0.461 e. The quantitative estimate of drug-likeness (QED) is 0.588. The smallest absolute Gasteiger partial charge is 0.360 e. The molecule has 5 nitrogen and oxygen atoms in total. The van der Waals surface area contributed by atoms with Crippen LogP contribution in [-0.4, -0.2) is 17.6 Å². The van der Waals surface area contributed by atoms with Crippen LogP contribution < -0.4 is 10.6 Å². The molecule has 0 unspecified atom stereocenters. The molecule has 0 fully saturated rings. The lowest BCUT2D eigenvalue weighted by molar-refractivity contribution is 0.0521. The Morgan fingerprint density at radius 2 is 1.54 bits per heavy atom. The van der Waals surface area contributed by atoms with Crippen molar-refractivity contribution in [3.63, 3.8) is 0 Å². The molecule has 0 saturated heterocycles. The summed E-state index contributed by atoms with van der Waals surface area (Å²) in [7, 11) is 0. The Morgan fingerprint density at radius 3 is 2.08 bits per heavy atom. The molecule has 0 aliphatic rings. The highest BCUT2D eigenvalue weighted by Crippen LogP contribution is 2.33. The first-order chi connectivity index (χ1) is 12.5. The molecule has 0 aliphatic carbocycles.